The molecule has 0 amide bonds. The lowest BCUT2D eigenvalue weighted by atomic mass is 9.76. The first-order valence-corrected chi connectivity index (χ1v) is 7.94. The second kappa shape index (κ2) is 6.01. The maximum absolute atomic E-state index is 11.2. The first-order chi connectivity index (χ1) is 10.2. The van der Waals surface area contributed by atoms with Crippen LogP contribution in [0.4, 0.5) is 5.69 Å². The molecule has 22 heavy (non-hydrogen) atoms. The number of piperidine rings is 1. The van der Waals surface area contributed by atoms with Gasteiger partial charge in [0.15, 0.2) is 0 Å². The van der Waals surface area contributed by atoms with Gasteiger partial charge in [0.05, 0.1) is 23.2 Å². The molecule has 0 radical (unpaired) electrons. The molecule has 122 valence electrons. The Morgan fingerprint density at radius 2 is 2.09 bits per heavy atom. The van der Waals surface area contributed by atoms with Crippen LogP contribution < -0.4 is 4.90 Å². The van der Waals surface area contributed by atoms with E-state index in [1.54, 1.807) is 0 Å². The number of β-amino-alcohol motifs (C(OH)–C–C–N with tert-alkyl or cyclic N) is 1. The summed E-state index contributed by atoms with van der Waals surface area (Å²) in [6.45, 7) is 11.7. The standard InChI is InChI=1S/C18H29N3O/c1-14(2)16-9-8-15(12-19-16)21-11-7-10-18(22,13-21)17(3,4)20(5)6/h8-9,12,22H,1,7,10-11,13H2,2-6H3/t18-/m1/s1. The van der Waals surface area contributed by atoms with Gasteiger partial charge in [-0.1, -0.05) is 6.58 Å². The molecule has 1 aliphatic heterocycles. The topological polar surface area (TPSA) is 39.6 Å². The van der Waals surface area contributed by atoms with E-state index in [2.05, 4.69) is 41.3 Å². The van der Waals surface area contributed by atoms with Gasteiger partial charge in [-0.05, 0) is 65.4 Å². The number of rotatable bonds is 4. The summed E-state index contributed by atoms with van der Waals surface area (Å²) in [7, 11) is 4.06. The molecule has 0 aliphatic carbocycles. The van der Waals surface area contributed by atoms with Gasteiger partial charge in [-0.15, -0.1) is 0 Å². The predicted octanol–water partition coefficient (Wildman–Crippen LogP) is 2.79. The third kappa shape index (κ3) is 3.03. The lowest BCUT2D eigenvalue weighted by molar-refractivity contribution is -0.0882. The Morgan fingerprint density at radius 3 is 2.59 bits per heavy atom. The summed E-state index contributed by atoms with van der Waals surface area (Å²) < 4.78 is 0. The molecule has 4 heteroatoms. The van der Waals surface area contributed by atoms with E-state index in [9.17, 15) is 5.11 Å². The van der Waals surface area contributed by atoms with Crippen LogP contribution in [0.15, 0.2) is 24.9 Å². The first kappa shape index (κ1) is 17.0. The van der Waals surface area contributed by atoms with E-state index in [0.717, 1.165) is 36.3 Å². The van der Waals surface area contributed by atoms with Crippen molar-refractivity contribution in [3.8, 4) is 0 Å². The van der Waals surface area contributed by atoms with Gasteiger partial charge in [-0.2, -0.15) is 0 Å². The normalized spacial score (nSPS) is 23.0. The molecule has 0 unspecified atom stereocenters. The molecule has 1 aromatic rings. The van der Waals surface area contributed by atoms with E-state index in [4.69, 9.17) is 0 Å². The molecule has 2 rings (SSSR count). The monoisotopic (exact) mass is 303 g/mol. The average molecular weight is 303 g/mol. The molecular formula is C18H29N3O. The average Bonchev–Trinajstić information content (AvgIpc) is 2.47. The molecule has 4 nitrogen and oxygen atoms in total. The molecule has 0 saturated carbocycles. The third-order valence-corrected chi connectivity index (χ3v) is 5.28. The smallest absolute Gasteiger partial charge is 0.0999 e. The fraction of sp³-hybridized carbons (Fsp3) is 0.611. The van der Waals surface area contributed by atoms with Gasteiger partial charge < -0.3 is 14.9 Å². The summed E-state index contributed by atoms with van der Waals surface area (Å²) in [5.41, 5.74) is 1.94. The Kier molecular flexibility index (Phi) is 4.64. The van der Waals surface area contributed by atoms with E-state index in [0.29, 0.717) is 6.54 Å². The number of pyridine rings is 1. The molecule has 1 fully saturated rings. The van der Waals surface area contributed by atoms with Crippen molar-refractivity contribution >= 4 is 11.3 Å². The fourth-order valence-corrected chi connectivity index (χ4v) is 3.00. The maximum Gasteiger partial charge on any atom is 0.0999 e. The zero-order chi connectivity index (χ0) is 16.5. The summed E-state index contributed by atoms with van der Waals surface area (Å²) in [5, 5.41) is 11.2. The van der Waals surface area contributed by atoms with Crippen molar-refractivity contribution in [3.63, 3.8) is 0 Å². The maximum atomic E-state index is 11.2. The quantitative estimate of drug-likeness (QED) is 0.928. The summed E-state index contributed by atoms with van der Waals surface area (Å²) in [6, 6.07) is 4.08. The molecule has 1 aliphatic rings. The van der Waals surface area contributed by atoms with Crippen molar-refractivity contribution in [2.24, 2.45) is 0 Å². The van der Waals surface area contributed by atoms with Crippen molar-refractivity contribution in [1.29, 1.82) is 0 Å². The highest BCUT2D eigenvalue weighted by molar-refractivity contribution is 5.59. The molecule has 1 saturated heterocycles. The van der Waals surface area contributed by atoms with Crippen LogP contribution in [-0.4, -0.2) is 53.3 Å². The second-order valence-corrected chi connectivity index (χ2v) is 7.19. The number of likely N-dealkylation sites (N-methyl/N-ethyl adjacent to an activating group) is 1. The largest absolute Gasteiger partial charge is 0.386 e. The van der Waals surface area contributed by atoms with E-state index in [1.807, 2.05) is 33.3 Å². The first-order valence-electron chi connectivity index (χ1n) is 7.94. The molecule has 1 N–H and O–H groups in total. The summed E-state index contributed by atoms with van der Waals surface area (Å²) in [5.74, 6) is 0. The highest BCUT2D eigenvalue weighted by Gasteiger charge is 2.47. The second-order valence-electron chi connectivity index (χ2n) is 7.19. The number of nitrogens with zero attached hydrogens (tertiary/aromatic N) is 3. The Bertz CT molecular complexity index is 536. The van der Waals surface area contributed by atoms with Crippen molar-refractivity contribution in [2.75, 3.05) is 32.1 Å². The van der Waals surface area contributed by atoms with Crippen LogP contribution in [0.2, 0.25) is 0 Å². The number of hydrogen-bond donors (Lipinski definition) is 1. The van der Waals surface area contributed by atoms with Gasteiger partial charge in [0.2, 0.25) is 0 Å². The number of anilines is 1. The molecule has 1 atom stereocenters. The van der Waals surface area contributed by atoms with Crippen molar-refractivity contribution in [2.45, 2.75) is 44.8 Å². The number of allylic oxidation sites excluding steroid dienone is 1. The highest BCUT2D eigenvalue weighted by Crippen LogP contribution is 2.36. The summed E-state index contributed by atoms with van der Waals surface area (Å²) in [4.78, 5) is 8.82. The summed E-state index contributed by atoms with van der Waals surface area (Å²) in [6.07, 6.45) is 3.69. The van der Waals surface area contributed by atoms with Crippen molar-refractivity contribution in [3.05, 3.63) is 30.6 Å². The molecule has 0 bridgehead atoms. The molecule has 1 aromatic heterocycles. The zero-order valence-corrected chi connectivity index (χ0v) is 14.6. The van der Waals surface area contributed by atoms with Crippen LogP contribution in [0.5, 0.6) is 0 Å². The lowest BCUT2D eigenvalue weighted by Crippen LogP contribution is -2.65. The van der Waals surface area contributed by atoms with E-state index < -0.39 is 5.60 Å². The number of aromatic nitrogens is 1. The molecule has 2 heterocycles. The van der Waals surface area contributed by atoms with E-state index in [1.165, 1.54) is 0 Å². The Hall–Kier alpha value is -1.39. The third-order valence-electron chi connectivity index (χ3n) is 5.28. The van der Waals surface area contributed by atoms with Crippen LogP contribution in [0.25, 0.3) is 5.57 Å². The van der Waals surface area contributed by atoms with E-state index >= 15 is 0 Å². The van der Waals surface area contributed by atoms with Gasteiger partial charge in [0.25, 0.3) is 0 Å². The predicted molar refractivity (Wildman–Crippen MR) is 93.1 cm³/mol. The van der Waals surface area contributed by atoms with Gasteiger partial charge in [-0.25, -0.2) is 0 Å². The highest BCUT2D eigenvalue weighted by atomic mass is 16.3. The van der Waals surface area contributed by atoms with Gasteiger partial charge >= 0.3 is 0 Å². The molecule has 0 aromatic carbocycles. The molecule has 0 spiro atoms. The minimum Gasteiger partial charge on any atom is -0.386 e. The van der Waals surface area contributed by atoms with Crippen LogP contribution in [0.3, 0.4) is 0 Å². The summed E-state index contributed by atoms with van der Waals surface area (Å²) >= 11 is 0. The minimum atomic E-state index is -0.734. The number of hydrogen-bond acceptors (Lipinski definition) is 4. The van der Waals surface area contributed by atoms with Crippen LogP contribution >= 0.6 is 0 Å². The minimum absolute atomic E-state index is 0.281. The van der Waals surface area contributed by atoms with Crippen molar-refractivity contribution < 1.29 is 5.11 Å². The van der Waals surface area contributed by atoms with Crippen molar-refractivity contribution in [1.82, 2.24) is 9.88 Å². The Morgan fingerprint density at radius 1 is 1.41 bits per heavy atom. The van der Waals surface area contributed by atoms with Crippen LogP contribution in [-0.2, 0) is 0 Å². The Labute approximate surface area is 134 Å². The Balaban J connectivity index is 2.21. The van der Waals surface area contributed by atoms with Crippen LogP contribution in [0.1, 0.15) is 39.3 Å². The van der Waals surface area contributed by atoms with Gasteiger partial charge in [-0.3, -0.25) is 4.98 Å². The lowest BCUT2D eigenvalue weighted by Gasteiger charge is -2.52. The van der Waals surface area contributed by atoms with Gasteiger partial charge in [0.1, 0.15) is 0 Å². The molecular weight excluding hydrogens is 274 g/mol. The number of aliphatic hydroxyl groups is 1. The fourth-order valence-electron chi connectivity index (χ4n) is 3.00. The van der Waals surface area contributed by atoms with Crippen LogP contribution in [0, 0.1) is 0 Å². The van der Waals surface area contributed by atoms with E-state index in [-0.39, 0.29) is 5.54 Å². The van der Waals surface area contributed by atoms with Gasteiger partial charge in [0, 0.05) is 18.6 Å². The SMILES string of the molecule is C=C(C)c1ccc(N2CCC[C@](O)(C(C)(C)N(C)C)C2)cn1. The zero-order valence-electron chi connectivity index (χ0n) is 14.6.